The Kier molecular flexibility index (Phi) is 7.51. The predicted molar refractivity (Wildman–Crippen MR) is 146 cm³/mol. The van der Waals surface area contributed by atoms with Crippen molar-refractivity contribution < 1.29 is 19.1 Å². The monoisotopic (exact) mass is 554 g/mol. The van der Waals surface area contributed by atoms with Crippen LogP contribution in [0.3, 0.4) is 0 Å². The number of rotatable bonds is 6. The van der Waals surface area contributed by atoms with E-state index in [1.54, 1.807) is 33.2 Å². The number of para-hydroxylation sites is 1. The largest absolute Gasteiger partial charge is 0.465 e. The summed E-state index contributed by atoms with van der Waals surface area (Å²) >= 11 is 6.96. The predicted octanol–water partition coefficient (Wildman–Crippen LogP) is 3.30. The molecule has 10 nitrogen and oxygen atoms in total. The molecule has 2 heterocycles. The lowest BCUT2D eigenvalue weighted by atomic mass is 10.2. The third kappa shape index (κ3) is 4.85. The number of hydrogen-bond donors (Lipinski definition) is 1. The molecule has 0 aliphatic heterocycles. The highest BCUT2D eigenvalue weighted by Gasteiger charge is 2.25. The minimum Gasteiger partial charge on any atom is -0.465 e. The van der Waals surface area contributed by atoms with E-state index in [1.807, 2.05) is 0 Å². The molecular formula is C26H23ClN4O6S. The number of halogens is 1. The van der Waals surface area contributed by atoms with Crippen LogP contribution in [0.25, 0.3) is 15.9 Å². The minimum absolute atomic E-state index is 0.137. The lowest BCUT2D eigenvalue weighted by Gasteiger charge is -2.13. The maximum absolute atomic E-state index is 13.7. The van der Waals surface area contributed by atoms with Gasteiger partial charge < -0.3 is 15.0 Å². The van der Waals surface area contributed by atoms with E-state index in [9.17, 15) is 24.0 Å². The highest BCUT2D eigenvalue weighted by Crippen LogP contribution is 2.29. The van der Waals surface area contributed by atoms with Gasteiger partial charge in [-0.2, -0.15) is 0 Å². The number of amides is 2. The number of ether oxygens (including phenoxy) is 1. The van der Waals surface area contributed by atoms with Crippen molar-refractivity contribution in [1.82, 2.24) is 14.0 Å². The van der Waals surface area contributed by atoms with Gasteiger partial charge in [0, 0.05) is 19.1 Å². The van der Waals surface area contributed by atoms with Crippen molar-refractivity contribution in [1.29, 1.82) is 0 Å². The lowest BCUT2D eigenvalue weighted by Crippen LogP contribution is -2.40. The Balaban J connectivity index is 1.90. The number of methoxy groups -OCH3 is 1. The van der Waals surface area contributed by atoms with Gasteiger partial charge in [0.05, 0.1) is 34.3 Å². The second kappa shape index (κ2) is 10.6. The highest BCUT2D eigenvalue weighted by molar-refractivity contribution is 7.20. The summed E-state index contributed by atoms with van der Waals surface area (Å²) in [7, 11) is 4.39. The molecule has 0 aliphatic rings. The second-order valence-corrected chi connectivity index (χ2v) is 9.94. The van der Waals surface area contributed by atoms with E-state index in [-0.39, 0.29) is 37.9 Å². The van der Waals surface area contributed by atoms with Gasteiger partial charge in [0.25, 0.3) is 11.5 Å². The Hall–Kier alpha value is -4.22. The molecule has 0 aliphatic carbocycles. The van der Waals surface area contributed by atoms with E-state index in [4.69, 9.17) is 16.3 Å². The molecule has 1 N–H and O–H groups in total. The topological polar surface area (TPSA) is 120 Å². The number of esters is 1. The molecule has 2 aromatic heterocycles. The van der Waals surface area contributed by atoms with E-state index in [0.29, 0.717) is 10.6 Å². The fourth-order valence-electron chi connectivity index (χ4n) is 3.92. The minimum atomic E-state index is -0.772. The van der Waals surface area contributed by atoms with Crippen molar-refractivity contribution in [2.75, 3.05) is 26.5 Å². The SMILES string of the molecule is COC(=O)c1ccccc1NC(=O)Cn1c(=O)n(-c2ccc(Cl)cc2)c(=O)c2c(C)c(C(=O)N(C)C)sc21. The fraction of sp³-hybridized carbons (Fsp3) is 0.192. The van der Waals surface area contributed by atoms with Gasteiger partial charge in [0.15, 0.2) is 0 Å². The lowest BCUT2D eigenvalue weighted by molar-refractivity contribution is -0.116. The van der Waals surface area contributed by atoms with Gasteiger partial charge in [0.1, 0.15) is 11.4 Å². The van der Waals surface area contributed by atoms with Crippen LogP contribution in [-0.2, 0) is 16.1 Å². The van der Waals surface area contributed by atoms with Crippen molar-refractivity contribution in [3.63, 3.8) is 0 Å². The zero-order valence-electron chi connectivity index (χ0n) is 20.9. The van der Waals surface area contributed by atoms with Crippen LogP contribution in [0.1, 0.15) is 25.6 Å². The summed E-state index contributed by atoms with van der Waals surface area (Å²) in [4.78, 5) is 67.2. The molecule has 0 radical (unpaired) electrons. The molecule has 196 valence electrons. The third-order valence-corrected chi connectivity index (χ3v) is 7.36. The van der Waals surface area contributed by atoms with Crippen LogP contribution in [0.15, 0.2) is 58.1 Å². The first-order valence-corrected chi connectivity index (χ1v) is 12.5. The Bertz CT molecular complexity index is 1700. The smallest absolute Gasteiger partial charge is 0.339 e. The van der Waals surface area contributed by atoms with E-state index in [1.165, 1.54) is 48.4 Å². The quantitative estimate of drug-likeness (QED) is 0.365. The van der Waals surface area contributed by atoms with Gasteiger partial charge in [-0.05, 0) is 48.9 Å². The summed E-state index contributed by atoms with van der Waals surface area (Å²) in [5.74, 6) is -1.60. The summed E-state index contributed by atoms with van der Waals surface area (Å²) in [6, 6.07) is 12.4. The molecule has 4 aromatic rings. The summed E-state index contributed by atoms with van der Waals surface area (Å²) in [5, 5.41) is 3.20. The Morgan fingerprint density at radius 1 is 1.05 bits per heavy atom. The highest BCUT2D eigenvalue weighted by atomic mass is 35.5. The molecule has 0 unspecified atom stereocenters. The number of aryl methyl sites for hydroxylation is 1. The number of carbonyl (C=O) groups is 3. The maximum Gasteiger partial charge on any atom is 0.339 e. The first-order chi connectivity index (χ1) is 18.0. The molecule has 0 atom stereocenters. The Labute approximate surface area is 225 Å². The van der Waals surface area contributed by atoms with Crippen LogP contribution in [-0.4, -0.2) is 53.0 Å². The maximum atomic E-state index is 13.7. The third-order valence-electron chi connectivity index (χ3n) is 5.81. The molecule has 0 bridgehead atoms. The zero-order chi connectivity index (χ0) is 27.7. The van der Waals surface area contributed by atoms with Crippen LogP contribution in [0, 0.1) is 6.92 Å². The van der Waals surface area contributed by atoms with Crippen LogP contribution in [0.2, 0.25) is 5.02 Å². The Morgan fingerprint density at radius 3 is 2.34 bits per heavy atom. The Morgan fingerprint density at radius 2 is 1.71 bits per heavy atom. The molecule has 0 saturated carbocycles. The van der Waals surface area contributed by atoms with Gasteiger partial charge in [-0.3, -0.25) is 19.0 Å². The number of thiophene rings is 1. The number of benzene rings is 2. The second-order valence-electron chi connectivity index (χ2n) is 8.51. The number of hydrogen-bond acceptors (Lipinski definition) is 7. The van der Waals surface area contributed by atoms with Crippen LogP contribution < -0.4 is 16.6 Å². The van der Waals surface area contributed by atoms with Crippen molar-refractivity contribution in [3.05, 3.63) is 90.4 Å². The molecule has 4 rings (SSSR count). The van der Waals surface area contributed by atoms with Crippen LogP contribution in [0.5, 0.6) is 0 Å². The molecule has 0 spiro atoms. The molecule has 12 heteroatoms. The number of nitrogens with one attached hydrogen (secondary N) is 1. The van der Waals surface area contributed by atoms with E-state index in [2.05, 4.69) is 5.32 Å². The molecule has 38 heavy (non-hydrogen) atoms. The molecule has 2 amide bonds. The van der Waals surface area contributed by atoms with Crippen molar-refractivity contribution in [2.24, 2.45) is 0 Å². The molecular weight excluding hydrogens is 532 g/mol. The van der Waals surface area contributed by atoms with Crippen LogP contribution >= 0.6 is 22.9 Å². The van der Waals surface area contributed by atoms with Gasteiger partial charge >= 0.3 is 11.7 Å². The summed E-state index contributed by atoms with van der Waals surface area (Å²) in [5.41, 5.74) is -0.398. The number of fused-ring (bicyclic) bond motifs is 1. The summed E-state index contributed by atoms with van der Waals surface area (Å²) < 4.78 is 6.86. The summed E-state index contributed by atoms with van der Waals surface area (Å²) in [6.45, 7) is 1.14. The molecule has 0 saturated heterocycles. The fourth-order valence-corrected chi connectivity index (χ4v) is 5.36. The first-order valence-electron chi connectivity index (χ1n) is 11.3. The average molecular weight is 555 g/mol. The molecule has 0 fully saturated rings. The summed E-state index contributed by atoms with van der Waals surface area (Å²) in [6.07, 6.45) is 0. The molecule has 2 aromatic carbocycles. The number of carbonyl (C=O) groups excluding carboxylic acids is 3. The number of nitrogens with zero attached hydrogens (tertiary/aromatic N) is 3. The van der Waals surface area contributed by atoms with Gasteiger partial charge in [-0.1, -0.05) is 23.7 Å². The van der Waals surface area contributed by atoms with Gasteiger partial charge in [0.2, 0.25) is 5.91 Å². The standard InChI is InChI=1S/C26H23ClN4O6S/c1-14-20-22(33)31(16-11-9-15(27)10-12-16)26(36)30(24(20)38-21(14)23(34)29(2)3)13-19(32)28-18-8-6-5-7-17(18)25(35)37-4/h5-12H,13H2,1-4H3,(H,28,32). The van der Waals surface area contributed by atoms with Crippen molar-refractivity contribution in [3.8, 4) is 5.69 Å². The van der Waals surface area contributed by atoms with Crippen LogP contribution in [0.4, 0.5) is 5.69 Å². The number of aromatic nitrogens is 2. The average Bonchev–Trinajstić information content (AvgIpc) is 3.24. The van der Waals surface area contributed by atoms with E-state index < -0.39 is 29.7 Å². The first kappa shape index (κ1) is 26.8. The zero-order valence-corrected chi connectivity index (χ0v) is 22.5. The van der Waals surface area contributed by atoms with Gasteiger partial charge in [-0.15, -0.1) is 11.3 Å². The van der Waals surface area contributed by atoms with Gasteiger partial charge in [-0.25, -0.2) is 14.2 Å². The normalized spacial score (nSPS) is 10.9. The van der Waals surface area contributed by atoms with Crippen molar-refractivity contribution in [2.45, 2.75) is 13.5 Å². The number of anilines is 1. The van der Waals surface area contributed by atoms with E-state index in [0.717, 1.165) is 20.5 Å². The van der Waals surface area contributed by atoms with E-state index >= 15 is 0 Å². The van der Waals surface area contributed by atoms with Crippen molar-refractivity contribution >= 4 is 56.6 Å².